The lowest BCUT2D eigenvalue weighted by molar-refractivity contribution is 1.25. The lowest BCUT2D eigenvalue weighted by Gasteiger charge is -2.16. The summed E-state index contributed by atoms with van der Waals surface area (Å²) >= 11 is 3.65. The zero-order chi connectivity index (χ0) is 18.4. The number of nitrogens with zero attached hydrogens (tertiary/aromatic N) is 1. The highest BCUT2D eigenvalue weighted by atomic mass is 79.9. The van der Waals surface area contributed by atoms with Gasteiger partial charge in [-0.1, -0.05) is 64.5 Å². The van der Waals surface area contributed by atoms with Crippen molar-refractivity contribution in [2.75, 3.05) is 5.32 Å². The third-order valence-corrected chi connectivity index (χ3v) is 5.67. The molecule has 1 N–H and O–H groups in total. The standard InChI is InChI=1S/C24H17BrN2/c1-15-10-11-20-21(25)12-13-22(24(20)26-15)27-23-18-8-4-2-6-16(18)14-17-7-3-5-9-19(17)23/h2-14,27H,1H3. The Morgan fingerprint density at radius 2 is 1.41 bits per heavy atom. The van der Waals surface area contributed by atoms with Crippen LogP contribution in [0, 0.1) is 6.92 Å². The summed E-state index contributed by atoms with van der Waals surface area (Å²) in [6.07, 6.45) is 0. The molecule has 2 nitrogen and oxygen atoms in total. The molecule has 0 aliphatic heterocycles. The van der Waals surface area contributed by atoms with E-state index in [0.29, 0.717) is 0 Å². The second-order valence-corrected chi connectivity index (χ2v) is 7.62. The Morgan fingerprint density at radius 1 is 0.741 bits per heavy atom. The molecule has 0 aliphatic rings. The molecule has 0 fully saturated rings. The van der Waals surface area contributed by atoms with Crippen LogP contribution < -0.4 is 5.32 Å². The van der Waals surface area contributed by atoms with Gasteiger partial charge in [-0.05, 0) is 48.0 Å². The van der Waals surface area contributed by atoms with Crippen LogP contribution in [0.25, 0.3) is 32.4 Å². The maximum absolute atomic E-state index is 4.80. The van der Waals surface area contributed by atoms with Gasteiger partial charge in [-0.3, -0.25) is 4.98 Å². The van der Waals surface area contributed by atoms with E-state index in [1.54, 1.807) is 0 Å². The van der Waals surface area contributed by atoms with Crippen LogP contribution in [0.3, 0.4) is 0 Å². The number of fused-ring (bicyclic) bond motifs is 3. The number of hydrogen-bond donors (Lipinski definition) is 1. The Hall–Kier alpha value is -2.91. The molecule has 0 bridgehead atoms. The van der Waals surface area contributed by atoms with E-state index in [2.05, 4.69) is 94.0 Å². The molecule has 27 heavy (non-hydrogen) atoms. The van der Waals surface area contributed by atoms with Crippen molar-refractivity contribution in [1.82, 2.24) is 4.98 Å². The first kappa shape index (κ1) is 16.3. The number of pyridine rings is 1. The number of benzene rings is 4. The molecule has 0 atom stereocenters. The van der Waals surface area contributed by atoms with Crippen LogP contribution in [0.15, 0.2) is 83.3 Å². The normalized spacial score (nSPS) is 11.3. The molecule has 4 aromatic carbocycles. The van der Waals surface area contributed by atoms with Gasteiger partial charge in [-0.25, -0.2) is 0 Å². The van der Waals surface area contributed by atoms with Gasteiger partial charge in [0, 0.05) is 26.3 Å². The van der Waals surface area contributed by atoms with Gasteiger partial charge in [0.2, 0.25) is 0 Å². The Bertz CT molecular complexity index is 1270. The lowest BCUT2D eigenvalue weighted by Crippen LogP contribution is -1.96. The molecule has 0 unspecified atom stereocenters. The molecule has 3 heteroatoms. The predicted molar refractivity (Wildman–Crippen MR) is 119 cm³/mol. The third-order valence-electron chi connectivity index (χ3n) is 4.97. The fraction of sp³-hybridized carbons (Fsp3) is 0.0417. The zero-order valence-electron chi connectivity index (χ0n) is 14.8. The van der Waals surface area contributed by atoms with Crippen molar-refractivity contribution >= 4 is 59.8 Å². The molecule has 0 saturated heterocycles. The van der Waals surface area contributed by atoms with Crippen molar-refractivity contribution in [3.05, 3.63) is 89.0 Å². The average molecular weight is 413 g/mol. The summed E-state index contributed by atoms with van der Waals surface area (Å²) in [6, 6.07) is 27.6. The number of hydrogen-bond acceptors (Lipinski definition) is 2. The monoisotopic (exact) mass is 412 g/mol. The quantitative estimate of drug-likeness (QED) is 0.306. The largest absolute Gasteiger partial charge is 0.353 e. The predicted octanol–water partition coefficient (Wildman–Crippen LogP) is 7.36. The first-order valence-electron chi connectivity index (χ1n) is 8.94. The molecule has 0 radical (unpaired) electrons. The molecule has 0 spiro atoms. The second kappa shape index (κ2) is 6.36. The van der Waals surface area contributed by atoms with Gasteiger partial charge in [0.05, 0.1) is 16.9 Å². The van der Waals surface area contributed by atoms with E-state index in [9.17, 15) is 0 Å². The Morgan fingerprint density at radius 3 is 2.11 bits per heavy atom. The second-order valence-electron chi connectivity index (χ2n) is 6.76. The minimum Gasteiger partial charge on any atom is -0.353 e. The van der Waals surface area contributed by atoms with Crippen LogP contribution in [0.1, 0.15) is 5.69 Å². The fourth-order valence-electron chi connectivity index (χ4n) is 3.66. The molecule has 1 heterocycles. The Labute approximate surface area is 166 Å². The smallest absolute Gasteiger partial charge is 0.0951 e. The van der Waals surface area contributed by atoms with Gasteiger partial charge in [0.15, 0.2) is 0 Å². The molecule has 0 aliphatic carbocycles. The summed E-state index contributed by atoms with van der Waals surface area (Å²) in [5.41, 5.74) is 4.11. The van der Waals surface area contributed by atoms with E-state index >= 15 is 0 Å². The van der Waals surface area contributed by atoms with Crippen LogP contribution in [0.5, 0.6) is 0 Å². The van der Waals surface area contributed by atoms with Gasteiger partial charge in [-0.15, -0.1) is 0 Å². The number of anilines is 2. The molecule has 5 aromatic rings. The van der Waals surface area contributed by atoms with E-state index in [4.69, 9.17) is 4.98 Å². The van der Waals surface area contributed by atoms with E-state index < -0.39 is 0 Å². The summed E-state index contributed by atoms with van der Waals surface area (Å²) < 4.78 is 1.05. The molecule has 0 amide bonds. The topological polar surface area (TPSA) is 24.9 Å². The summed E-state index contributed by atoms with van der Waals surface area (Å²) in [7, 11) is 0. The molecule has 5 rings (SSSR count). The fourth-order valence-corrected chi connectivity index (χ4v) is 4.12. The average Bonchev–Trinajstić information content (AvgIpc) is 2.69. The van der Waals surface area contributed by atoms with Crippen molar-refractivity contribution in [3.8, 4) is 0 Å². The Kier molecular flexibility index (Phi) is 3.83. The number of halogens is 1. The first-order valence-corrected chi connectivity index (χ1v) is 9.73. The van der Waals surface area contributed by atoms with E-state index in [-0.39, 0.29) is 0 Å². The molecule has 1 aromatic heterocycles. The first-order chi connectivity index (χ1) is 13.2. The highest BCUT2D eigenvalue weighted by Crippen LogP contribution is 2.37. The molecule has 0 saturated carbocycles. The molecular formula is C24H17BrN2. The summed E-state index contributed by atoms with van der Waals surface area (Å²) in [6.45, 7) is 2.03. The minimum atomic E-state index is 0.974. The van der Waals surface area contributed by atoms with Gasteiger partial charge in [0.1, 0.15) is 0 Å². The van der Waals surface area contributed by atoms with Gasteiger partial charge >= 0.3 is 0 Å². The minimum absolute atomic E-state index is 0.974. The van der Waals surface area contributed by atoms with Crippen molar-refractivity contribution in [3.63, 3.8) is 0 Å². The Balaban J connectivity index is 1.81. The molecular weight excluding hydrogens is 396 g/mol. The van der Waals surface area contributed by atoms with Crippen molar-refractivity contribution in [1.29, 1.82) is 0 Å². The van der Waals surface area contributed by atoms with Crippen molar-refractivity contribution in [2.24, 2.45) is 0 Å². The van der Waals surface area contributed by atoms with E-state index in [0.717, 1.165) is 32.4 Å². The highest BCUT2D eigenvalue weighted by Gasteiger charge is 2.11. The molecule has 130 valence electrons. The van der Waals surface area contributed by atoms with Crippen LogP contribution >= 0.6 is 15.9 Å². The van der Waals surface area contributed by atoms with Crippen molar-refractivity contribution < 1.29 is 0 Å². The maximum Gasteiger partial charge on any atom is 0.0951 e. The lowest BCUT2D eigenvalue weighted by atomic mass is 10.0. The summed E-state index contributed by atoms with van der Waals surface area (Å²) in [5.74, 6) is 0. The van der Waals surface area contributed by atoms with Crippen molar-refractivity contribution in [2.45, 2.75) is 6.92 Å². The number of aromatic nitrogens is 1. The van der Waals surface area contributed by atoms with Crippen LogP contribution in [-0.2, 0) is 0 Å². The van der Waals surface area contributed by atoms with Crippen LogP contribution in [-0.4, -0.2) is 4.98 Å². The summed E-state index contributed by atoms with van der Waals surface area (Å²) in [4.78, 5) is 4.80. The SMILES string of the molecule is Cc1ccc2c(Br)ccc(Nc3c4ccccc4cc4ccccc34)c2n1. The number of nitrogens with one attached hydrogen (secondary N) is 1. The zero-order valence-corrected chi connectivity index (χ0v) is 16.4. The van der Waals surface area contributed by atoms with Gasteiger partial charge < -0.3 is 5.32 Å². The maximum atomic E-state index is 4.80. The van der Waals surface area contributed by atoms with Gasteiger partial charge in [0.25, 0.3) is 0 Å². The van der Waals surface area contributed by atoms with Crippen LogP contribution in [0.2, 0.25) is 0 Å². The van der Waals surface area contributed by atoms with Gasteiger partial charge in [-0.2, -0.15) is 0 Å². The van der Waals surface area contributed by atoms with Crippen LogP contribution in [0.4, 0.5) is 11.4 Å². The van der Waals surface area contributed by atoms with E-state index in [1.165, 1.54) is 21.5 Å². The number of aryl methyl sites for hydroxylation is 1. The number of rotatable bonds is 2. The summed E-state index contributed by atoms with van der Waals surface area (Å²) in [5, 5.41) is 9.68. The highest BCUT2D eigenvalue weighted by molar-refractivity contribution is 9.10. The third kappa shape index (κ3) is 2.75. The van der Waals surface area contributed by atoms with E-state index in [1.807, 2.05) is 13.0 Å².